The number of benzene rings is 1. The summed E-state index contributed by atoms with van der Waals surface area (Å²) in [6, 6.07) is 8.72. The number of methoxy groups -OCH3 is 1. The van der Waals surface area contributed by atoms with Gasteiger partial charge in [-0.25, -0.2) is 9.78 Å². The molecule has 1 aliphatic rings. The quantitative estimate of drug-likeness (QED) is 0.519. The van der Waals surface area contributed by atoms with Crippen molar-refractivity contribution in [3.63, 3.8) is 0 Å². The summed E-state index contributed by atoms with van der Waals surface area (Å²) >= 11 is 1.32. The first kappa shape index (κ1) is 21.9. The standard InChI is InChI=1S/C23H25N3O5S/c1-4-31-14(2)18-12-19-20(24-23(32-19)25-11-5-6-17(25)22(28)29)21(27)26(18)13-15-7-9-16(30-3)10-8-15/h7-10,12,17H,2,4-6,11,13H2,1,3H3,(H,28,29). The average molecular weight is 456 g/mol. The van der Waals surface area contributed by atoms with Crippen molar-refractivity contribution >= 4 is 38.4 Å². The van der Waals surface area contributed by atoms with Crippen LogP contribution in [0, 0.1) is 0 Å². The Morgan fingerprint density at radius 2 is 2.09 bits per heavy atom. The molecule has 1 aliphatic heterocycles. The summed E-state index contributed by atoms with van der Waals surface area (Å²) in [6.45, 7) is 7.21. The van der Waals surface area contributed by atoms with E-state index in [1.807, 2.05) is 37.3 Å². The maximum Gasteiger partial charge on any atom is 0.326 e. The van der Waals surface area contributed by atoms with Crippen LogP contribution in [0.25, 0.3) is 16.0 Å². The van der Waals surface area contributed by atoms with Gasteiger partial charge in [-0.15, -0.1) is 0 Å². The van der Waals surface area contributed by atoms with Gasteiger partial charge in [0, 0.05) is 6.54 Å². The molecule has 2 aromatic heterocycles. The smallest absolute Gasteiger partial charge is 0.326 e. The summed E-state index contributed by atoms with van der Waals surface area (Å²) in [4.78, 5) is 31.4. The topological polar surface area (TPSA) is 93.9 Å². The lowest BCUT2D eigenvalue weighted by Gasteiger charge is -2.19. The van der Waals surface area contributed by atoms with Gasteiger partial charge in [-0.3, -0.25) is 9.36 Å². The molecule has 0 amide bonds. The maximum atomic E-state index is 13.5. The van der Waals surface area contributed by atoms with Gasteiger partial charge < -0.3 is 19.5 Å². The lowest BCUT2D eigenvalue weighted by Crippen LogP contribution is -2.35. The van der Waals surface area contributed by atoms with Crippen molar-refractivity contribution in [1.29, 1.82) is 0 Å². The third-order valence-electron chi connectivity index (χ3n) is 5.54. The average Bonchev–Trinajstić information content (AvgIpc) is 3.43. The minimum absolute atomic E-state index is 0.261. The summed E-state index contributed by atoms with van der Waals surface area (Å²) < 4.78 is 13.1. The van der Waals surface area contributed by atoms with Gasteiger partial charge in [0.05, 0.1) is 30.7 Å². The Balaban J connectivity index is 1.80. The first-order valence-corrected chi connectivity index (χ1v) is 11.2. The van der Waals surface area contributed by atoms with Crippen LogP contribution in [0.5, 0.6) is 5.75 Å². The summed E-state index contributed by atoms with van der Waals surface area (Å²) in [5, 5.41) is 10.1. The van der Waals surface area contributed by atoms with E-state index < -0.39 is 12.0 Å². The van der Waals surface area contributed by atoms with E-state index in [1.165, 1.54) is 11.3 Å². The van der Waals surface area contributed by atoms with Crippen molar-refractivity contribution in [1.82, 2.24) is 9.55 Å². The highest BCUT2D eigenvalue weighted by Gasteiger charge is 2.33. The molecule has 0 aliphatic carbocycles. The fraction of sp³-hybridized carbons (Fsp3) is 0.348. The summed E-state index contributed by atoms with van der Waals surface area (Å²) in [5.41, 5.74) is 1.55. The van der Waals surface area contributed by atoms with Crippen LogP contribution in [0.4, 0.5) is 5.13 Å². The number of pyridine rings is 1. The molecule has 1 atom stereocenters. The number of ether oxygens (including phenoxy) is 2. The molecule has 0 saturated carbocycles. The largest absolute Gasteiger partial charge is 0.497 e. The van der Waals surface area contributed by atoms with Crippen molar-refractivity contribution in [2.75, 3.05) is 25.2 Å². The molecule has 32 heavy (non-hydrogen) atoms. The van der Waals surface area contributed by atoms with Crippen LogP contribution in [0.1, 0.15) is 31.0 Å². The van der Waals surface area contributed by atoms with Gasteiger partial charge >= 0.3 is 5.97 Å². The predicted molar refractivity (Wildman–Crippen MR) is 125 cm³/mol. The van der Waals surface area contributed by atoms with E-state index in [9.17, 15) is 14.7 Å². The molecule has 0 bridgehead atoms. The van der Waals surface area contributed by atoms with E-state index in [2.05, 4.69) is 11.6 Å². The Labute approximate surface area is 189 Å². The molecule has 0 spiro atoms. The van der Waals surface area contributed by atoms with E-state index in [0.717, 1.165) is 17.7 Å². The van der Waals surface area contributed by atoms with E-state index >= 15 is 0 Å². The van der Waals surface area contributed by atoms with Crippen LogP contribution in [0.2, 0.25) is 0 Å². The Hall–Kier alpha value is -3.33. The monoisotopic (exact) mass is 455 g/mol. The Bertz CT molecular complexity index is 1210. The van der Waals surface area contributed by atoms with Crippen LogP contribution in [-0.4, -0.2) is 46.9 Å². The van der Waals surface area contributed by atoms with Crippen LogP contribution >= 0.6 is 11.3 Å². The molecule has 3 aromatic rings. The number of carboxylic acid groups (broad SMARTS) is 1. The molecule has 4 rings (SSSR count). The zero-order chi connectivity index (χ0) is 22.8. The highest BCUT2D eigenvalue weighted by Crippen LogP contribution is 2.33. The first-order valence-electron chi connectivity index (χ1n) is 10.4. The summed E-state index contributed by atoms with van der Waals surface area (Å²) in [5.74, 6) is 0.266. The molecule has 0 radical (unpaired) electrons. The molecule has 1 N–H and O–H groups in total. The number of carbonyl (C=O) groups is 1. The van der Waals surface area contributed by atoms with Crippen molar-refractivity contribution in [2.24, 2.45) is 0 Å². The fourth-order valence-electron chi connectivity index (χ4n) is 3.94. The Morgan fingerprint density at radius 1 is 1.34 bits per heavy atom. The third kappa shape index (κ3) is 4.08. The van der Waals surface area contributed by atoms with Crippen LogP contribution in [0.3, 0.4) is 0 Å². The number of anilines is 1. The number of fused-ring (bicyclic) bond motifs is 1. The molecule has 1 saturated heterocycles. The number of thiazole rings is 1. The number of nitrogens with zero attached hydrogens (tertiary/aromatic N) is 3. The van der Waals surface area contributed by atoms with Crippen LogP contribution in [-0.2, 0) is 16.1 Å². The minimum atomic E-state index is -0.871. The molecule has 9 heteroatoms. The van der Waals surface area contributed by atoms with Crippen molar-refractivity contribution in [2.45, 2.75) is 32.4 Å². The SMILES string of the molecule is C=C(OCC)c1cc2sc(N3CCCC3C(=O)O)nc2c(=O)n1Cc1ccc(OC)cc1. The second-order valence-corrected chi connectivity index (χ2v) is 8.53. The molecule has 1 unspecified atom stereocenters. The summed E-state index contributed by atoms with van der Waals surface area (Å²) in [6.07, 6.45) is 1.35. The van der Waals surface area contributed by atoms with Gasteiger partial charge in [-0.05, 0) is 43.5 Å². The Morgan fingerprint density at radius 3 is 2.75 bits per heavy atom. The lowest BCUT2D eigenvalue weighted by atomic mass is 10.2. The van der Waals surface area contributed by atoms with E-state index in [4.69, 9.17) is 9.47 Å². The first-order chi connectivity index (χ1) is 15.4. The second-order valence-electron chi connectivity index (χ2n) is 7.52. The van der Waals surface area contributed by atoms with Gasteiger partial charge in [0.1, 0.15) is 23.1 Å². The fourth-order valence-corrected chi connectivity index (χ4v) is 5.01. The molecule has 168 valence electrons. The molecule has 8 nitrogen and oxygen atoms in total. The van der Waals surface area contributed by atoms with Crippen LogP contribution < -0.4 is 15.2 Å². The van der Waals surface area contributed by atoms with E-state index in [1.54, 1.807) is 16.6 Å². The van der Waals surface area contributed by atoms with Gasteiger partial charge in [-0.2, -0.15) is 0 Å². The van der Waals surface area contributed by atoms with Crippen molar-refractivity contribution in [3.8, 4) is 5.75 Å². The minimum Gasteiger partial charge on any atom is -0.497 e. The number of aliphatic carboxylic acids is 1. The normalized spacial score (nSPS) is 15.8. The number of carboxylic acids is 1. The molecular weight excluding hydrogens is 430 g/mol. The zero-order valence-electron chi connectivity index (χ0n) is 18.0. The zero-order valence-corrected chi connectivity index (χ0v) is 18.9. The molecule has 1 aromatic carbocycles. The van der Waals surface area contributed by atoms with Crippen molar-refractivity contribution in [3.05, 3.63) is 58.5 Å². The third-order valence-corrected chi connectivity index (χ3v) is 6.58. The lowest BCUT2D eigenvalue weighted by molar-refractivity contribution is -0.138. The van der Waals surface area contributed by atoms with Gasteiger partial charge in [0.2, 0.25) is 0 Å². The Kier molecular flexibility index (Phi) is 6.18. The number of hydrogen-bond acceptors (Lipinski definition) is 7. The van der Waals surface area contributed by atoms with Gasteiger partial charge in [0.15, 0.2) is 5.13 Å². The summed E-state index contributed by atoms with van der Waals surface area (Å²) in [7, 11) is 1.60. The number of rotatable bonds is 8. The van der Waals surface area contributed by atoms with E-state index in [0.29, 0.717) is 52.9 Å². The number of aromatic nitrogens is 2. The predicted octanol–water partition coefficient (Wildman–Crippen LogP) is 3.58. The highest BCUT2D eigenvalue weighted by molar-refractivity contribution is 7.22. The molecule has 3 heterocycles. The highest BCUT2D eigenvalue weighted by atomic mass is 32.1. The van der Waals surface area contributed by atoms with E-state index in [-0.39, 0.29) is 5.56 Å². The molecule has 1 fully saturated rings. The van der Waals surface area contributed by atoms with Crippen molar-refractivity contribution < 1.29 is 19.4 Å². The maximum absolute atomic E-state index is 13.5. The molecular formula is C23H25N3O5S. The second kappa shape index (κ2) is 9.04. The number of hydrogen-bond donors (Lipinski definition) is 1. The van der Waals surface area contributed by atoms with Gasteiger partial charge in [0.25, 0.3) is 5.56 Å². The van der Waals surface area contributed by atoms with Gasteiger partial charge in [-0.1, -0.05) is 30.0 Å². The van der Waals surface area contributed by atoms with Crippen LogP contribution in [0.15, 0.2) is 41.7 Å².